The fraction of sp³-hybridized carbons (Fsp3) is 0.586. The number of carboxylic acids is 2. The van der Waals surface area contributed by atoms with Crippen LogP contribution in [-0.4, -0.2) is 195 Å². The number of aliphatic hydroxyl groups is 1. The highest BCUT2D eigenvalue weighted by Gasteiger charge is 2.42. The molecule has 1 heterocycles. The van der Waals surface area contributed by atoms with Gasteiger partial charge in [-0.2, -0.15) is 0 Å². The maximum absolute atomic E-state index is 14.7. The van der Waals surface area contributed by atoms with Crippen LogP contribution in [0.2, 0.25) is 0 Å². The van der Waals surface area contributed by atoms with Crippen molar-refractivity contribution in [3.8, 4) is 5.75 Å². The van der Waals surface area contributed by atoms with Gasteiger partial charge in [0.15, 0.2) is 5.96 Å². The van der Waals surface area contributed by atoms with Crippen molar-refractivity contribution in [2.45, 2.75) is 178 Å². The van der Waals surface area contributed by atoms with E-state index in [2.05, 4.69) is 42.2 Å². The number of rotatable bonds is 38. The third kappa shape index (κ3) is 24.8. The van der Waals surface area contributed by atoms with Crippen LogP contribution in [-0.2, 0) is 65.6 Å². The number of likely N-dealkylation sites (N-methyl/N-ethyl adjacent to an activating group) is 1. The molecule has 1 aliphatic heterocycles. The maximum atomic E-state index is 14.7. The van der Waals surface area contributed by atoms with Crippen LogP contribution in [0.3, 0.4) is 0 Å². The average molecular weight is 1220 g/mol. The van der Waals surface area contributed by atoms with Gasteiger partial charge in [0.2, 0.25) is 53.2 Å². The maximum Gasteiger partial charge on any atom is 0.326 e. The Hall–Kier alpha value is -8.44. The summed E-state index contributed by atoms with van der Waals surface area (Å²) in [5, 5.41) is 57.4. The fourth-order valence-corrected chi connectivity index (χ4v) is 9.65. The van der Waals surface area contributed by atoms with E-state index >= 15 is 0 Å². The molecule has 0 aliphatic carbocycles. The monoisotopic (exact) mass is 1220 g/mol. The number of carboxylic acid groups (broad SMARTS) is 2. The van der Waals surface area contributed by atoms with Gasteiger partial charge in [0.25, 0.3) is 0 Å². The molecule has 0 saturated carbocycles. The number of hydrogen-bond acceptors (Lipinski definition) is 16. The third-order valence-corrected chi connectivity index (χ3v) is 14.5. The van der Waals surface area contributed by atoms with E-state index < -0.39 is 139 Å². The molecular weight excluding hydrogens is 1130 g/mol. The summed E-state index contributed by atoms with van der Waals surface area (Å²) in [5.74, 6) is -10.8. The Labute approximate surface area is 506 Å². The molecule has 1 aliphatic rings. The highest BCUT2D eigenvalue weighted by atomic mass is 16.4. The minimum absolute atomic E-state index is 0.00166. The zero-order chi connectivity index (χ0) is 64.9. The number of nitrogens with one attached hydrogen (secondary N) is 7. The summed E-state index contributed by atoms with van der Waals surface area (Å²) in [6.07, 6.45) is 1.21. The molecule has 0 spiro atoms. The van der Waals surface area contributed by atoms with Gasteiger partial charge in [0.1, 0.15) is 60.1 Å². The molecule has 3 rings (SSSR count). The lowest BCUT2D eigenvalue weighted by molar-refractivity contribution is -0.150. The van der Waals surface area contributed by atoms with E-state index in [4.69, 9.17) is 22.9 Å². The van der Waals surface area contributed by atoms with E-state index in [9.17, 15) is 73.2 Å². The average Bonchev–Trinajstić information content (AvgIpc) is 3.70. The van der Waals surface area contributed by atoms with Crippen LogP contribution in [0.25, 0.3) is 0 Å². The van der Waals surface area contributed by atoms with Gasteiger partial charge >= 0.3 is 11.9 Å². The van der Waals surface area contributed by atoms with E-state index in [0.29, 0.717) is 36.8 Å². The Bertz CT molecular complexity index is 2660. The number of aliphatic carboxylic acids is 2. The number of benzene rings is 2. The van der Waals surface area contributed by atoms with Crippen LogP contribution >= 0.6 is 0 Å². The van der Waals surface area contributed by atoms with Crippen LogP contribution in [0.1, 0.15) is 116 Å². The van der Waals surface area contributed by atoms with Gasteiger partial charge < -0.3 is 90.4 Å². The number of phenols is 1. The Morgan fingerprint density at radius 1 is 0.667 bits per heavy atom. The molecule has 29 nitrogen and oxygen atoms in total. The third-order valence-electron chi connectivity index (χ3n) is 14.5. The summed E-state index contributed by atoms with van der Waals surface area (Å²) in [6, 6.07) is 0.625. The standard InChI is InChI=1S/C58H90N14O15/c1-6-7-19-46(56(85)72-27-14-20-45(72)54(83)68-41(28-33(2)3)51(80)64-34(4)48(77)66-40(57(86)87)18-13-26-63-58(61)62)71(5)55(84)43(31-47(75)76)69-50(79)39(17-11-12-25-59)65-52(81)42(30-35-15-9-8-10-16-35)67-53(82)44(32-73)70-49(78)38(60)29-36-21-23-37(74)24-22-36/h8-10,15-16,21-24,33-34,38-46,73-74H,6-7,11-14,17-20,25-32,59-60H2,1-5H3,(H,64,80)(H,65,81)(H,66,77)(H,67,82)(H,68,83)(H,69,79)(H,70,78)(H,75,76)(H,86,87)(H4,61,62,63)/t34-,38+,39+,40+,41+,42+,43+,44+,45+,46+/m1/s1. The van der Waals surface area contributed by atoms with Gasteiger partial charge in [-0.25, -0.2) is 4.79 Å². The summed E-state index contributed by atoms with van der Waals surface area (Å²) in [4.78, 5) is 157. The molecule has 9 amide bonds. The number of nitrogens with two attached hydrogens (primary N) is 4. The molecule has 482 valence electrons. The normalized spacial score (nSPS) is 16.0. The van der Waals surface area contributed by atoms with Crippen LogP contribution < -0.4 is 60.2 Å². The number of guanidine groups is 1. The molecule has 29 heteroatoms. The molecule has 2 aromatic carbocycles. The van der Waals surface area contributed by atoms with E-state index in [1.807, 2.05) is 6.92 Å². The Morgan fingerprint density at radius 2 is 1.24 bits per heavy atom. The van der Waals surface area contributed by atoms with E-state index in [0.717, 1.165) is 4.90 Å². The molecular formula is C58H90N14O15. The number of amides is 9. The molecule has 0 aromatic heterocycles. The number of hydrogen-bond donors (Lipinski definition) is 15. The lowest BCUT2D eigenvalue weighted by Gasteiger charge is -2.35. The minimum Gasteiger partial charge on any atom is -0.508 e. The Kier molecular flexibility index (Phi) is 31.1. The smallest absolute Gasteiger partial charge is 0.326 e. The van der Waals surface area contributed by atoms with Gasteiger partial charge in [0.05, 0.1) is 19.1 Å². The van der Waals surface area contributed by atoms with Crippen LogP contribution in [0.4, 0.5) is 0 Å². The van der Waals surface area contributed by atoms with Gasteiger partial charge in [0, 0.05) is 26.6 Å². The summed E-state index contributed by atoms with van der Waals surface area (Å²) in [6.45, 7) is 6.24. The second kappa shape index (κ2) is 37.2. The summed E-state index contributed by atoms with van der Waals surface area (Å²) in [5.41, 5.74) is 23.7. The van der Waals surface area contributed by atoms with E-state index in [1.54, 1.807) is 56.3 Å². The number of likely N-dealkylation sites (tertiary alicyclic amines) is 1. The molecule has 87 heavy (non-hydrogen) atoms. The number of phenolic OH excluding ortho intramolecular Hbond substituents is 1. The SMILES string of the molecule is CCCC[C@@H](C(=O)N1CCC[C@H]1C(=O)N[C@@H](CC(C)C)C(=O)N[C@H](C)C(=O)N[C@@H](CCCN=C(N)N)C(=O)O)N(C)C(=O)[C@H](CC(=O)O)NC(=O)[C@H](CCCCN)NC(=O)[C@H](Cc1ccccc1)NC(=O)[C@H](CO)NC(=O)[C@@H](N)Cc1ccc(O)cc1. The highest BCUT2D eigenvalue weighted by Crippen LogP contribution is 2.24. The predicted molar refractivity (Wildman–Crippen MR) is 319 cm³/mol. The molecule has 1 fully saturated rings. The second-order valence-electron chi connectivity index (χ2n) is 22.0. The number of unbranched alkanes of at least 4 members (excludes halogenated alkanes) is 2. The van der Waals surface area contributed by atoms with E-state index in [-0.39, 0.29) is 95.0 Å². The first kappa shape index (κ1) is 72.8. The van der Waals surface area contributed by atoms with Crippen molar-refractivity contribution in [3.05, 3.63) is 65.7 Å². The molecule has 19 N–H and O–H groups in total. The number of nitrogens with zero attached hydrogens (tertiary/aromatic N) is 3. The van der Waals surface area contributed by atoms with Gasteiger partial charge in [-0.05, 0) is 107 Å². The largest absolute Gasteiger partial charge is 0.508 e. The molecule has 10 atom stereocenters. The number of aliphatic imine (C=N–C) groups is 1. The first-order chi connectivity index (χ1) is 41.2. The lowest BCUT2D eigenvalue weighted by atomic mass is 10.0. The van der Waals surface area contributed by atoms with Crippen LogP contribution in [0, 0.1) is 5.92 Å². The zero-order valence-corrected chi connectivity index (χ0v) is 50.2. The number of aromatic hydroxyl groups is 1. The Balaban J connectivity index is 1.85. The van der Waals surface area contributed by atoms with Crippen molar-refractivity contribution in [1.82, 2.24) is 47.0 Å². The number of carbonyl (C=O) groups is 11. The first-order valence-corrected chi connectivity index (χ1v) is 29.3. The van der Waals surface area contributed by atoms with Crippen molar-refractivity contribution >= 4 is 71.1 Å². The number of carbonyl (C=O) groups excluding carboxylic acids is 9. The minimum atomic E-state index is -1.82. The van der Waals surface area contributed by atoms with Crippen molar-refractivity contribution < 1.29 is 73.2 Å². The Morgan fingerprint density at radius 3 is 1.84 bits per heavy atom. The lowest BCUT2D eigenvalue weighted by Crippen LogP contribution is -2.61. The predicted octanol–water partition coefficient (Wildman–Crippen LogP) is -2.29. The molecule has 0 unspecified atom stereocenters. The van der Waals surface area contributed by atoms with Crippen molar-refractivity contribution in [2.75, 3.05) is 33.3 Å². The number of aliphatic hydroxyl groups excluding tert-OH is 1. The van der Waals surface area contributed by atoms with Crippen LogP contribution in [0.15, 0.2) is 59.6 Å². The van der Waals surface area contributed by atoms with Gasteiger partial charge in [-0.15, -0.1) is 0 Å². The molecule has 1 saturated heterocycles. The summed E-state index contributed by atoms with van der Waals surface area (Å²) >= 11 is 0. The summed E-state index contributed by atoms with van der Waals surface area (Å²) in [7, 11) is 1.27. The van der Waals surface area contributed by atoms with Gasteiger partial charge in [-0.3, -0.25) is 52.9 Å². The summed E-state index contributed by atoms with van der Waals surface area (Å²) < 4.78 is 0. The van der Waals surface area contributed by atoms with Crippen molar-refractivity contribution in [2.24, 2.45) is 33.8 Å². The fourth-order valence-electron chi connectivity index (χ4n) is 9.65. The quantitative estimate of drug-likeness (QED) is 0.0191. The second-order valence-corrected chi connectivity index (χ2v) is 22.0. The molecule has 2 aromatic rings. The topological polar surface area (TPSA) is 476 Å². The van der Waals surface area contributed by atoms with Crippen molar-refractivity contribution in [1.29, 1.82) is 0 Å². The molecule has 0 bridgehead atoms. The highest BCUT2D eigenvalue weighted by molar-refractivity contribution is 5.99. The van der Waals surface area contributed by atoms with E-state index in [1.165, 1.54) is 31.0 Å². The first-order valence-electron chi connectivity index (χ1n) is 29.3. The van der Waals surface area contributed by atoms with Crippen LogP contribution in [0.5, 0.6) is 5.75 Å². The zero-order valence-electron chi connectivity index (χ0n) is 50.2. The van der Waals surface area contributed by atoms with Gasteiger partial charge in [-0.1, -0.05) is 76.1 Å². The molecule has 0 radical (unpaired) electrons. The van der Waals surface area contributed by atoms with Crippen molar-refractivity contribution in [3.63, 3.8) is 0 Å².